The van der Waals surface area contributed by atoms with Gasteiger partial charge in [0.1, 0.15) is 5.82 Å². The van der Waals surface area contributed by atoms with Crippen LogP contribution < -0.4 is 0 Å². The maximum absolute atomic E-state index is 13.7. The SMILES string of the molecule is CC1(C)OB(C2=CCC3(CC2)OCCO3)OC1(C)C.Fc1ccc(F)c(C2=CCC3(CC2)OCCO3)c1F. The largest absolute Gasteiger partial charge is 0.490 e. The minimum Gasteiger partial charge on any atom is -0.400 e. The van der Waals surface area contributed by atoms with Gasteiger partial charge in [0.25, 0.3) is 0 Å². The summed E-state index contributed by atoms with van der Waals surface area (Å²) in [5.41, 5.74) is 0.887. The van der Waals surface area contributed by atoms with Gasteiger partial charge in [0.2, 0.25) is 0 Å². The Kier molecular flexibility index (Phi) is 7.61. The molecular formula is C28H36BF3O6. The molecule has 0 unspecified atom stereocenters. The van der Waals surface area contributed by atoms with E-state index < -0.39 is 23.2 Å². The van der Waals surface area contributed by atoms with Gasteiger partial charge >= 0.3 is 7.12 Å². The molecule has 5 aliphatic rings. The van der Waals surface area contributed by atoms with E-state index in [-0.39, 0.29) is 29.7 Å². The third-order valence-corrected chi connectivity index (χ3v) is 8.45. The van der Waals surface area contributed by atoms with Crippen LogP contribution in [0.1, 0.15) is 71.8 Å². The summed E-state index contributed by atoms with van der Waals surface area (Å²) in [5, 5.41) is 0. The van der Waals surface area contributed by atoms with Gasteiger partial charge in [0, 0.05) is 25.7 Å². The molecule has 0 saturated carbocycles. The van der Waals surface area contributed by atoms with Gasteiger partial charge in [0.15, 0.2) is 23.2 Å². The molecule has 208 valence electrons. The first-order chi connectivity index (χ1) is 18.0. The lowest BCUT2D eigenvalue weighted by molar-refractivity contribution is -0.161. The van der Waals surface area contributed by atoms with Gasteiger partial charge in [-0.3, -0.25) is 0 Å². The summed E-state index contributed by atoms with van der Waals surface area (Å²) >= 11 is 0. The van der Waals surface area contributed by atoms with Crippen LogP contribution in [-0.4, -0.2) is 56.3 Å². The molecule has 1 aromatic carbocycles. The van der Waals surface area contributed by atoms with Crippen molar-refractivity contribution in [2.45, 2.75) is 89.0 Å². The molecule has 3 fully saturated rings. The lowest BCUT2D eigenvalue weighted by Gasteiger charge is -2.32. The third kappa shape index (κ3) is 5.36. The molecule has 0 radical (unpaired) electrons. The van der Waals surface area contributed by atoms with Crippen LogP contribution in [0.3, 0.4) is 0 Å². The van der Waals surface area contributed by atoms with Crippen molar-refractivity contribution in [3.05, 3.63) is 52.8 Å². The number of hydrogen-bond acceptors (Lipinski definition) is 6. The predicted molar refractivity (Wildman–Crippen MR) is 135 cm³/mol. The van der Waals surface area contributed by atoms with Crippen LogP contribution in [0.5, 0.6) is 0 Å². The van der Waals surface area contributed by atoms with Crippen LogP contribution in [-0.2, 0) is 28.3 Å². The summed E-state index contributed by atoms with van der Waals surface area (Å²) in [5.74, 6) is -3.92. The van der Waals surface area contributed by atoms with E-state index in [1.807, 2.05) is 0 Å². The Bertz CT molecular complexity index is 1090. The molecule has 6 rings (SSSR count). The van der Waals surface area contributed by atoms with Gasteiger partial charge in [-0.05, 0) is 63.7 Å². The maximum Gasteiger partial charge on any atom is 0.490 e. The average Bonchev–Trinajstić information content (AvgIpc) is 3.58. The first-order valence-electron chi connectivity index (χ1n) is 13.4. The second-order valence-corrected chi connectivity index (χ2v) is 11.4. The average molecular weight is 536 g/mol. The normalized spacial score (nSPS) is 26.8. The summed E-state index contributed by atoms with van der Waals surface area (Å²) in [6.07, 6.45) is 7.81. The molecular weight excluding hydrogens is 500 g/mol. The molecule has 3 saturated heterocycles. The molecule has 38 heavy (non-hydrogen) atoms. The summed E-state index contributed by atoms with van der Waals surface area (Å²) in [6, 6.07) is 1.74. The highest BCUT2D eigenvalue weighted by Crippen LogP contribution is 2.43. The Balaban J connectivity index is 0.000000155. The van der Waals surface area contributed by atoms with Crippen molar-refractivity contribution in [3.63, 3.8) is 0 Å². The number of ether oxygens (including phenoxy) is 4. The minimum atomic E-state index is -1.13. The number of hydrogen-bond donors (Lipinski definition) is 0. The predicted octanol–water partition coefficient (Wildman–Crippen LogP) is 5.89. The molecule has 0 aromatic heterocycles. The van der Waals surface area contributed by atoms with E-state index in [1.54, 1.807) is 6.08 Å². The lowest BCUT2D eigenvalue weighted by atomic mass is 9.71. The molecule has 2 spiro atoms. The van der Waals surface area contributed by atoms with E-state index in [2.05, 4.69) is 33.8 Å². The van der Waals surface area contributed by atoms with Crippen molar-refractivity contribution in [3.8, 4) is 0 Å². The Morgan fingerprint density at radius 2 is 1.18 bits per heavy atom. The van der Waals surface area contributed by atoms with E-state index in [4.69, 9.17) is 28.3 Å². The molecule has 1 aromatic rings. The van der Waals surface area contributed by atoms with E-state index >= 15 is 0 Å². The first-order valence-corrected chi connectivity index (χ1v) is 13.4. The Morgan fingerprint density at radius 3 is 1.66 bits per heavy atom. The van der Waals surface area contributed by atoms with Gasteiger partial charge in [0.05, 0.1) is 43.2 Å². The number of halogens is 3. The number of rotatable bonds is 2. The quantitative estimate of drug-likeness (QED) is 0.348. The zero-order valence-corrected chi connectivity index (χ0v) is 22.5. The monoisotopic (exact) mass is 536 g/mol. The van der Waals surface area contributed by atoms with Crippen molar-refractivity contribution in [1.82, 2.24) is 0 Å². The van der Waals surface area contributed by atoms with E-state index in [1.165, 1.54) is 5.47 Å². The van der Waals surface area contributed by atoms with Gasteiger partial charge in [-0.15, -0.1) is 0 Å². The number of allylic oxidation sites excluding steroid dienone is 2. The highest BCUT2D eigenvalue weighted by Gasteiger charge is 2.53. The van der Waals surface area contributed by atoms with Crippen molar-refractivity contribution in [2.24, 2.45) is 0 Å². The fourth-order valence-corrected chi connectivity index (χ4v) is 5.41. The van der Waals surface area contributed by atoms with Crippen LogP contribution in [0.2, 0.25) is 0 Å². The smallest absolute Gasteiger partial charge is 0.400 e. The van der Waals surface area contributed by atoms with Crippen LogP contribution in [0.15, 0.2) is 29.8 Å². The molecule has 3 heterocycles. The van der Waals surface area contributed by atoms with Gasteiger partial charge in [-0.1, -0.05) is 12.2 Å². The van der Waals surface area contributed by atoms with E-state index in [0.29, 0.717) is 51.3 Å². The lowest BCUT2D eigenvalue weighted by Crippen LogP contribution is -2.41. The van der Waals surface area contributed by atoms with Crippen molar-refractivity contribution in [1.29, 1.82) is 0 Å². The molecule has 6 nitrogen and oxygen atoms in total. The molecule has 0 atom stereocenters. The van der Waals surface area contributed by atoms with E-state index in [9.17, 15) is 13.2 Å². The summed E-state index contributed by atoms with van der Waals surface area (Å²) in [7, 11) is -0.219. The molecule has 0 amide bonds. The van der Waals surface area contributed by atoms with Crippen molar-refractivity contribution >= 4 is 12.7 Å². The van der Waals surface area contributed by atoms with Crippen LogP contribution in [0, 0.1) is 17.5 Å². The van der Waals surface area contributed by atoms with E-state index in [0.717, 1.165) is 31.4 Å². The van der Waals surface area contributed by atoms with Crippen LogP contribution in [0.25, 0.3) is 5.57 Å². The third-order valence-electron chi connectivity index (χ3n) is 8.45. The molecule has 0 N–H and O–H groups in total. The standard InChI is InChI=1S/C14H23BO4.C14H13F3O2/c1-12(2)13(3,4)19-15(18-12)11-5-7-14(8-6-11)16-9-10-17-14;15-10-1-2-11(16)13(17)12(10)9-3-5-14(6-4-9)18-7-8-19-14/h5H,6-10H2,1-4H3;1-3H,4-8H2. The maximum atomic E-state index is 13.7. The molecule has 2 aliphatic carbocycles. The zero-order valence-electron chi connectivity index (χ0n) is 22.5. The number of benzene rings is 1. The molecule has 3 aliphatic heterocycles. The van der Waals surface area contributed by atoms with Gasteiger partial charge in [-0.25, -0.2) is 13.2 Å². The van der Waals surface area contributed by atoms with Crippen molar-refractivity contribution < 1.29 is 41.4 Å². The Morgan fingerprint density at radius 1 is 0.684 bits per heavy atom. The van der Waals surface area contributed by atoms with Gasteiger partial charge < -0.3 is 28.3 Å². The topological polar surface area (TPSA) is 55.4 Å². The highest BCUT2D eigenvalue weighted by molar-refractivity contribution is 6.54. The molecule has 10 heteroatoms. The highest BCUT2D eigenvalue weighted by atomic mass is 19.2. The Hall–Kier alpha value is -1.69. The fourth-order valence-electron chi connectivity index (χ4n) is 5.41. The van der Waals surface area contributed by atoms with Crippen LogP contribution >= 0.6 is 0 Å². The molecule has 0 bridgehead atoms. The fraction of sp³-hybridized carbons (Fsp3) is 0.643. The van der Waals surface area contributed by atoms with Gasteiger partial charge in [-0.2, -0.15) is 0 Å². The minimum absolute atomic E-state index is 0.219. The first kappa shape index (κ1) is 27.9. The second kappa shape index (κ2) is 10.4. The Labute approximate surface area is 222 Å². The summed E-state index contributed by atoms with van der Waals surface area (Å²) < 4.78 is 75.2. The van der Waals surface area contributed by atoms with Crippen molar-refractivity contribution in [2.75, 3.05) is 26.4 Å². The van der Waals surface area contributed by atoms with Crippen LogP contribution in [0.4, 0.5) is 13.2 Å². The second-order valence-electron chi connectivity index (χ2n) is 11.4. The summed E-state index contributed by atoms with van der Waals surface area (Å²) in [6.45, 7) is 10.8. The summed E-state index contributed by atoms with van der Waals surface area (Å²) in [4.78, 5) is 0. The zero-order chi connectivity index (χ0) is 27.2.